The minimum absolute atomic E-state index is 0.103. The van der Waals surface area contributed by atoms with Crippen molar-refractivity contribution in [1.82, 2.24) is 9.97 Å². The van der Waals surface area contributed by atoms with E-state index in [2.05, 4.69) is 20.0 Å². The first kappa shape index (κ1) is 21.6. The molecule has 162 valence electrons. The number of carbonyl (C=O) groups excluding carboxylic acids is 1. The first-order chi connectivity index (χ1) is 14.7. The maximum absolute atomic E-state index is 14.7. The van der Waals surface area contributed by atoms with Crippen LogP contribution in [0.4, 0.5) is 15.2 Å². The van der Waals surface area contributed by atoms with Crippen LogP contribution in [-0.4, -0.2) is 25.3 Å². The summed E-state index contributed by atoms with van der Waals surface area (Å²) in [6.07, 6.45) is 5.32. The zero-order valence-corrected chi connectivity index (χ0v) is 19.1. The van der Waals surface area contributed by atoms with Crippen LogP contribution in [0.15, 0.2) is 42.0 Å². The molecule has 0 radical (unpaired) electrons. The van der Waals surface area contributed by atoms with Gasteiger partial charge in [-0.2, -0.15) is 0 Å². The maximum atomic E-state index is 14.7. The molecule has 1 fully saturated rings. The van der Waals surface area contributed by atoms with Gasteiger partial charge in [0.25, 0.3) is 0 Å². The molecule has 1 atom stereocenters. The Morgan fingerprint density at radius 3 is 2.68 bits per heavy atom. The molecular weight excluding hydrogens is 435 g/mol. The van der Waals surface area contributed by atoms with Gasteiger partial charge in [0.05, 0.1) is 22.0 Å². The summed E-state index contributed by atoms with van der Waals surface area (Å²) >= 11 is 1.30. The second-order valence-electron chi connectivity index (χ2n) is 8.16. The van der Waals surface area contributed by atoms with Crippen LogP contribution in [0.3, 0.4) is 0 Å². The largest absolute Gasteiger partial charge is 0.323 e. The number of anilines is 2. The number of hydrogen-bond donors (Lipinski definition) is 2. The van der Waals surface area contributed by atoms with Crippen molar-refractivity contribution in [3.63, 3.8) is 0 Å². The number of carbonyl (C=O) groups is 1. The first-order valence-electron chi connectivity index (χ1n) is 9.90. The molecule has 9 heteroatoms. The number of nitrogens with zero attached hydrogens (tertiary/aromatic N) is 2. The minimum Gasteiger partial charge on any atom is -0.323 e. The van der Waals surface area contributed by atoms with Crippen LogP contribution < -0.4 is 10.0 Å². The Morgan fingerprint density at radius 2 is 2.00 bits per heavy atom. The van der Waals surface area contributed by atoms with Crippen LogP contribution in [0.2, 0.25) is 0 Å². The van der Waals surface area contributed by atoms with Crippen molar-refractivity contribution < 1.29 is 13.4 Å². The molecule has 4 rings (SSSR count). The minimum atomic E-state index is -1.15. The van der Waals surface area contributed by atoms with Gasteiger partial charge in [-0.3, -0.25) is 14.5 Å². The van der Waals surface area contributed by atoms with E-state index >= 15 is 0 Å². The van der Waals surface area contributed by atoms with Crippen LogP contribution in [0.1, 0.15) is 37.9 Å². The van der Waals surface area contributed by atoms with Gasteiger partial charge in [-0.1, -0.05) is 6.07 Å². The Bertz CT molecular complexity index is 1160. The number of benzene rings is 1. The monoisotopic (exact) mass is 458 g/mol. The Labute approximate surface area is 186 Å². The highest BCUT2D eigenvalue weighted by Gasteiger charge is 2.34. The molecule has 2 N–H and O–H groups in total. The molecule has 1 unspecified atom stereocenters. The average molecular weight is 459 g/mol. The molecule has 2 aromatic heterocycles. The van der Waals surface area contributed by atoms with Crippen molar-refractivity contribution >= 4 is 39.0 Å². The van der Waals surface area contributed by atoms with Gasteiger partial charge in [-0.25, -0.2) is 13.6 Å². The maximum Gasteiger partial charge on any atom is 0.236 e. The smallest absolute Gasteiger partial charge is 0.236 e. The van der Waals surface area contributed by atoms with Gasteiger partial charge in [0, 0.05) is 23.3 Å². The molecule has 0 bridgehead atoms. The molecular formula is C22H23FN4O2S2. The summed E-state index contributed by atoms with van der Waals surface area (Å²) in [5.41, 5.74) is 2.12. The predicted octanol–water partition coefficient (Wildman–Crippen LogP) is 4.81. The van der Waals surface area contributed by atoms with E-state index in [1.165, 1.54) is 17.4 Å². The van der Waals surface area contributed by atoms with Crippen LogP contribution >= 0.6 is 11.3 Å². The van der Waals surface area contributed by atoms with Crippen molar-refractivity contribution in [2.45, 2.75) is 44.3 Å². The third-order valence-electron chi connectivity index (χ3n) is 5.15. The van der Waals surface area contributed by atoms with Crippen molar-refractivity contribution in [3.8, 4) is 11.1 Å². The number of amides is 1. The Kier molecular flexibility index (Phi) is 5.90. The zero-order chi connectivity index (χ0) is 22.2. The molecule has 0 aliphatic heterocycles. The summed E-state index contributed by atoms with van der Waals surface area (Å²) in [4.78, 5) is 21.5. The number of aryl methyl sites for hydroxylation is 1. The van der Waals surface area contributed by atoms with Crippen LogP contribution in [0, 0.1) is 12.7 Å². The first-order valence-corrected chi connectivity index (χ1v) is 12.0. The fourth-order valence-corrected chi connectivity index (χ4v) is 5.07. The summed E-state index contributed by atoms with van der Waals surface area (Å²) in [7, 11) is -1.15. The summed E-state index contributed by atoms with van der Waals surface area (Å²) in [6, 6.07) is 6.61. The molecule has 6 nitrogen and oxygen atoms in total. The van der Waals surface area contributed by atoms with Gasteiger partial charge in [0.1, 0.15) is 16.8 Å². The quantitative estimate of drug-likeness (QED) is 0.532. The average Bonchev–Trinajstić information content (AvgIpc) is 3.48. The van der Waals surface area contributed by atoms with E-state index in [0.29, 0.717) is 16.4 Å². The second kappa shape index (κ2) is 8.47. The van der Waals surface area contributed by atoms with Gasteiger partial charge in [0.2, 0.25) is 5.91 Å². The lowest BCUT2D eigenvalue weighted by molar-refractivity contribution is -0.120. The lowest BCUT2D eigenvalue weighted by Gasteiger charge is -2.22. The molecule has 1 saturated carbocycles. The van der Waals surface area contributed by atoms with E-state index in [9.17, 15) is 13.4 Å². The van der Waals surface area contributed by atoms with E-state index in [-0.39, 0.29) is 16.8 Å². The Morgan fingerprint density at radius 1 is 1.23 bits per heavy atom. The zero-order valence-electron chi connectivity index (χ0n) is 17.4. The lowest BCUT2D eigenvalue weighted by Crippen LogP contribution is -2.35. The Balaban J connectivity index is 1.48. The third-order valence-corrected chi connectivity index (χ3v) is 7.51. The van der Waals surface area contributed by atoms with Gasteiger partial charge in [-0.05, 0) is 62.9 Å². The topological polar surface area (TPSA) is 84.0 Å². The summed E-state index contributed by atoms with van der Waals surface area (Å²) in [5.74, 6) is -0.903. The van der Waals surface area contributed by atoms with E-state index < -0.39 is 22.2 Å². The third kappa shape index (κ3) is 4.83. The second-order valence-corrected chi connectivity index (χ2v) is 10.5. The van der Waals surface area contributed by atoms with Gasteiger partial charge in [0.15, 0.2) is 5.13 Å². The molecule has 1 aliphatic rings. The highest BCUT2D eigenvalue weighted by Crippen LogP contribution is 2.32. The molecule has 3 aromatic rings. The fraction of sp³-hybridized carbons (Fsp3) is 0.318. The number of hydrogen-bond acceptors (Lipinski definition) is 5. The summed E-state index contributed by atoms with van der Waals surface area (Å²) < 4.78 is 29.7. The molecule has 1 amide bonds. The van der Waals surface area contributed by atoms with E-state index in [0.717, 1.165) is 24.0 Å². The number of halogens is 1. The molecule has 0 spiro atoms. The molecule has 0 saturated heterocycles. The van der Waals surface area contributed by atoms with Gasteiger partial charge < -0.3 is 5.32 Å². The van der Waals surface area contributed by atoms with E-state index in [1.54, 1.807) is 43.8 Å². The number of nitrogens with one attached hydrogen (secondary N) is 2. The van der Waals surface area contributed by atoms with Crippen molar-refractivity contribution in [2.75, 3.05) is 10.0 Å². The normalized spacial score (nSPS) is 14.8. The Hall–Kier alpha value is -2.65. The van der Waals surface area contributed by atoms with Crippen LogP contribution in [0.25, 0.3) is 11.1 Å². The predicted molar refractivity (Wildman–Crippen MR) is 123 cm³/mol. The lowest BCUT2D eigenvalue weighted by atomic mass is 9.89. The standard InChI is InChI=1S/C22H23FN4O2S2/c1-13-8-15(11-24-10-13)14-4-7-18(17(23)9-14)25-20(28)22(2,3)19-12-30-21(26-19)27-31(29)16-5-6-16/h4,7-12,16H,5-6H2,1-3H3,(H,25,28)(H,26,27). The molecule has 1 aromatic carbocycles. The SMILES string of the molecule is Cc1cncc(-c2ccc(NC(=O)C(C)(C)c3csc(NS(=O)C4CC4)n3)c(F)c2)c1. The molecule has 1 aliphatic carbocycles. The van der Waals surface area contributed by atoms with E-state index in [4.69, 9.17) is 0 Å². The number of pyridine rings is 1. The van der Waals surface area contributed by atoms with Crippen molar-refractivity contribution in [2.24, 2.45) is 0 Å². The molecule has 31 heavy (non-hydrogen) atoms. The molecule has 2 heterocycles. The number of aromatic nitrogens is 2. The highest BCUT2D eigenvalue weighted by atomic mass is 32.2. The fourth-order valence-electron chi connectivity index (χ4n) is 2.96. The van der Waals surface area contributed by atoms with Gasteiger partial charge in [-0.15, -0.1) is 11.3 Å². The number of rotatable bonds is 7. The summed E-state index contributed by atoms with van der Waals surface area (Å²) in [6.45, 7) is 5.37. The summed E-state index contributed by atoms with van der Waals surface area (Å²) in [5, 5.41) is 5.13. The van der Waals surface area contributed by atoms with E-state index in [1.807, 2.05) is 13.0 Å². The highest BCUT2D eigenvalue weighted by molar-refractivity contribution is 7.87. The number of thiazole rings is 1. The van der Waals surface area contributed by atoms with Crippen molar-refractivity contribution in [3.05, 3.63) is 59.1 Å². The van der Waals surface area contributed by atoms with Crippen LogP contribution in [-0.2, 0) is 21.2 Å². The van der Waals surface area contributed by atoms with Gasteiger partial charge >= 0.3 is 0 Å². The van der Waals surface area contributed by atoms with Crippen LogP contribution in [0.5, 0.6) is 0 Å². The van der Waals surface area contributed by atoms with Crippen molar-refractivity contribution in [1.29, 1.82) is 0 Å².